The first-order valence-corrected chi connectivity index (χ1v) is 18.2. The maximum absolute atomic E-state index is 15.1. The van der Waals surface area contributed by atoms with Gasteiger partial charge in [-0.25, -0.2) is 30.8 Å². The summed E-state index contributed by atoms with van der Waals surface area (Å²) in [6.07, 6.45) is 1.97. The number of nitrogens with zero attached hydrogens (tertiary/aromatic N) is 3. The lowest BCUT2D eigenvalue weighted by atomic mass is 9.84. The average Bonchev–Trinajstić information content (AvgIpc) is 3.97. The number of nitriles is 1. The van der Waals surface area contributed by atoms with Crippen LogP contribution >= 0.6 is 0 Å². The van der Waals surface area contributed by atoms with Crippen molar-refractivity contribution in [1.82, 2.24) is 4.31 Å². The third-order valence-corrected chi connectivity index (χ3v) is 10.6. The van der Waals surface area contributed by atoms with E-state index in [1.807, 2.05) is 39.0 Å². The number of carbonyl (C=O) groups excluding carboxylic acids is 1. The molecule has 4 aromatic rings. The molecule has 5 rings (SSSR count). The van der Waals surface area contributed by atoms with E-state index < -0.39 is 63.2 Å². The molecule has 0 bridgehead atoms. The Balaban J connectivity index is 1.67. The summed E-state index contributed by atoms with van der Waals surface area (Å²) >= 11 is 0. The molecule has 1 N–H and O–H groups in total. The molecule has 0 aromatic heterocycles. The van der Waals surface area contributed by atoms with Crippen molar-refractivity contribution in [3.63, 3.8) is 0 Å². The van der Waals surface area contributed by atoms with E-state index >= 15 is 4.39 Å². The minimum absolute atomic E-state index is 0.00318. The third-order valence-electron chi connectivity index (χ3n) is 8.85. The Hall–Kier alpha value is -5.26. The van der Waals surface area contributed by atoms with Gasteiger partial charge in [0.2, 0.25) is 15.9 Å². The van der Waals surface area contributed by atoms with Gasteiger partial charge < -0.3 is 14.7 Å². The maximum Gasteiger partial charge on any atom is 0.335 e. The van der Waals surface area contributed by atoms with Crippen molar-refractivity contribution in [1.29, 1.82) is 5.26 Å². The predicted molar refractivity (Wildman–Crippen MR) is 188 cm³/mol. The van der Waals surface area contributed by atoms with Crippen LogP contribution in [0.1, 0.15) is 84.6 Å². The highest BCUT2D eigenvalue weighted by atomic mass is 32.2. The predicted octanol–water partition coefficient (Wildman–Crippen LogP) is 7.81. The minimum atomic E-state index is -5.33. The van der Waals surface area contributed by atoms with Crippen LogP contribution in [0.3, 0.4) is 0 Å². The number of carbonyl (C=O) groups is 2. The number of benzene rings is 4. The van der Waals surface area contributed by atoms with Gasteiger partial charge in [-0.2, -0.15) is 9.57 Å². The summed E-state index contributed by atoms with van der Waals surface area (Å²) in [6.45, 7) is 5.86. The molecular weight excluding hydrogens is 715 g/mol. The zero-order valence-electron chi connectivity index (χ0n) is 29.4. The van der Waals surface area contributed by atoms with Crippen molar-refractivity contribution in [3.8, 4) is 11.8 Å². The van der Waals surface area contributed by atoms with Crippen LogP contribution < -0.4 is 9.64 Å². The molecule has 1 amide bonds. The molecule has 278 valence electrons. The number of hydrogen-bond acceptors (Lipinski definition) is 6. The van der Waals surface area contributed by atoms with Gasteiger partial charge >= 0.3 is 5.97 Å². The molecule has 53 heavy (non-hydrogen) atoms. The van der Waals surface area contributed by atoms with E-state index in [1.165, 1.54) is 47.4 Å². The third kappa shape index (κ3) is 8.53. The van der Waals surface area contributed by atoms with E-state index in [-0.39, 0.29) is 52.8 Å². The Morgan fingerprint density at radius 1 is 0.943 bits per heavy atom. The van der Waals surface area contributed by atoms with Crippen molar-refractivity contribution < 1.29 is 45.4 Å². The first-order chi connectivity index (χ1) is 25.0. The number of carboxylic acid groups (broad SMARTS) is 1. The molecule has 1 saturated carbocycles. The normalized spacial score (nSPS) is 13.1. The van der Waals surface area contributed by atoms with Gasteiger partial charge in [0.1, 0.15) is 10.6 Å². The second kappa shape index (κ2) is 15.4. The number of sulfonamides is 1. The Bertz CT molecular complexity index is 2230. The number of amides is 1. The number of halogens is 4. The number of aromatic carboxylic acids is 1. The van der Waals surface area contributed by atoms with Crippen LogP contribution in [0.15, 0.2) is 71.6 Å². The molecule has 0 radical (unpaired) electrons. The number of ether oxygens (including phenoxy) is 1. The summed E-state index contributed by atoms with van der Waals surface area (Å²) in [6, 6.07) is 17.4. The number of carboxylic acids is 1. The quantitative estimate of drug-likeness (QED) is 0.0839. The van der Waals surface area contributed by atoms with Crippen molar-refractivity contribution in [3.05, 3.63) is 123 Å². The summed E-state index contributed by atoms with van der Waals surface area (Å²) in [5.74, 6) is -10.6. The highest BCUT2D eigenvalue weighted by molar-refractivity contribution is 7.89. The van der Waals surface area contributed by atoms with E-state index in [2.05, 4.69) is 6.07 Å². The Morgan fingerprint density at radius 2 is 1.64 bits per heavy atom. The van der Waals surface area contributed by atoms with Gasteiger partial charge in [-0.05, 0) is 77.6 Å². The first kappa shape index (κ1) is 39.0. The topological polar surface area (TPSA) is 128 Å². The first-order valence-electron chi connectivity index (χ1n) is 16.7. The molecule has 0 spiro atoms. The highest BCUT2D eigenvalue weighted by Gasteiger charge is 2.36. The Labute approximate surface area is 305 Å². The van der Waals surface area contributed by atoms with E-state index in [0.29, 0.717) is 15.8 Å². The Morgan fingerprint density at radius 3 is 2.26 bits per heavy atom. The van der Waals surface area contributed by atoms with Gasteiger partial charge in [-0.15, -0.1) is 0 Å². The van der Waals surface area contributed by atoms with Crippen LogP contribution in [-0.4, -0.2) is 42.9 Å². The van der Waals surface area contributed by atoms with Crippen LogP contribution in [0, 0.1) is 34.6 Å². The molecule has 0 aliphatic heterocycles. The summed E-state index contributed by atoms with van der Waals surface area (Å²) < 4.78 is 92.2. The molecule has 4 aromatic carbocycles. The van der Waals surface area contributed by atoms with Crippen molar-refractivity contribution in [2.24, 2.45) is 0 Å². The molecule has 0 atom stereocenters. The fraction of sp³-hybridized carbons (Fsp3) is 0.308. The Kier molecular flexibility index (Phi) is 11.3. The molecular formula is C39H37F4N3O6S. The lowest BCUT2D eigenvalue weighted by Crippen LogP contribution is -2.43. The van der Waals surface area contributed by atoms with E-state index in [1.54, 1.807) is 6.92 Å². The van der Waals surface area contributed by atoms with E-state index in [9.17, 15) is 41.5 Å². The summed E-state index contributed by atoms with van der Waals surface area (Å²) in [5.41, 5.74) is 2.41. The summed E-state index contributed by atoms with van der Waals surface area (Å²) in [4.78, 5) is 26.1. The molecule has 0 heterocycles. The van der Waals surface area contributed by atoms with E-state index in [0.717, 1.165) is 24.0 Å². The van der Waals surface area contributed by atoms with E-state index in [4.69, 9.17) is 4.74 Å². The number of hydrogen-bond donors (Lipinski definition) is 1. The van der Waals surface area contributed by atoms with Gasteiger partial charge in [0.25, 0.3) is 0 Å². The number of rotatable bonds is 13. The lowest BCUT2D eigenvalue weighted by Gasteiger charge is -2.30. The van der Waals surface area contributed by atoms with Crippen molar-refractivity contribution in [2.45, 2.75) is 69.9 Å². The van der Waals surface area contributed by atoms with Crippen LogP contribution in [0.5, 0.6) is 5.75 Å². The van der Waals surface area contributed by atoms with Crippen LogP contribution in [0.25, 0.3) is 0 Å². The van der Waals surface area contributed by atoms with Gasteiger partial charge in [-0.1, -0.05) is 57.2 Å². The SMILES string of the molecule is CCOc1cc(C(=O)O)ccc1N(Cc1cc(C2CC2)cc(C(C)(C)C)c1)C(=O)CN(Cc1ccccc1C#N)S(=O)(=O)c1cc(F)c(F)c(F)c1F. The average molecular weight is 752 g/mol. The van der Waals surface area contributed by atoms with Crippen LogP contribution in [-0.2, 0) is 33.3 Å². The summed E-state index contributed by atoms with van der Waals surface area (Å²) in [5, 5.41) is 19.4. The second-order valence-electron chi connectivity index (χ2n) is 13.7. The zero-order chi connectivity index (χ0) is 38.8. The molecule has 0 saturated heterocycles. The molecule has 1 fully saturated rings. The fourth-order valence-corrected chi connectivity index (χ4v) is 7.26. The lowest BCUT2D eigenvalue weighted by molar-refractivity contribution is -0.119. The number of anilines is 1. The largest absolute Gasteiger partial charge is 0.492 e. The van der Waals surface area contributed by atoms with Crippen molar-refractivity contribution >= 4 is 27.6 Å². The molecule has 14 heteroatoms. The monoisotopic (exact) mass is 751 g/mol. The van der Waals surface area contributed by atoms with Crippen LogP contribution in [0.2, 0.25) is 0 Å². The van der Waals surface area contributed by atoms with Gasteiger partial charge in [0.05, 0.1) is 42.6 Å². The zero-order valence-corrected chi connectivity index (χ0v) is 30.2. The standard InChI is InChI=1S/C39H37F4N3O6S/c1-5-52-32-17-25(38(48)49)12-13-31(32)46(20-23-14-28(24-10-11-24)16-29(15-23)39(2,3)4)34(47)22-45(21-27-9-7-6-8-26(27)19-44)53(50,51)33-18-30(40)35(41)37(43)36(33)42/h6-9,12-18,24H,5,10-11,20-22H2,1-4H3,(H,48,49). The highest BCUT2D eigenvalue weighted by Crippen LogP contribution is 2.42. The summed E-state index contributed by atoms with van der Waals surface area (Å²) in [7, 11) is -5.33. The van der Waals surface area contributed by atoms with Gasteiger partial charge in [0, 0.05) is 12.6 Å². The molecule has 9 nitrogen and oxygen atoms in total. The maximum atomic E-state index is 15.1. The molecule has 1 aliphatic carbocycles. The van der Waals surface area contributed by atoms with Gasteiger partial charge in [-0.3, -0.25) is 4.79 Å². The van der Waals surface area contributed by atoms with Crippen LogP contribution in [0.4, 0.5) is 23.2 Å². The minimum Gasteiger partial charge on any atom is -0.492 e. The fourth-order valence-electron chi connectivity index (χ4n) is 5.82. The molecule has 0 unspecified atom stereocenters. The van der Waals surface area contributed by atoms with Gasteiger partial charge in [0.15, 0.2) is 23.3 Å². The molecule has 1 aliphatic rings. The smallest absolute Gasteiger partial charge is 0.335 e. The van der Waals surface area contributed by atoms with Crippen molar-refractivity contribution in [2.75, 3.05) is 18.1 Å². The second-order valence-corrected chi connectivity index (χ2v) is 15.6.